The van der Waals surface area contributed by atoms with Crippen LogP contribution >= 0.6 is 0 Å². The second-order valence-electron chi connectivity index (χ2n) is 4.31. The van der Waals surface area contributed by atoms with Gasteiger partial charge in [-0.05, 0) is 30.7 Å². The zero-order valence-corrected chi connectivity index (χ0v) is 10.9. The van der Waals surface area contributed by atoms with Crippen LogP contribution < -0.4 is 4.74 Å². The van der Waals surface area contributed by atoms with Gasteiger partial charge in [0.1, 0.15) is 0 Å². The average Bonchev–Trinajstić information content (AvgIpc) is 2.42. The van der Waals surface area contributed by atoms with E-state index in [0.29, 0.717) is 5.56 Å². The summed E-state index contributed by atoms with van der Waals surface area (Å²) in [6.45, 7) is 1.46. The normalized spacial score (nSPS) is 12.0. The number of aliphatic hydroxyl groups excluding tert-OH is 1. The zero-order chi connectivity index (χ0) is 15.6. The summed E-state index contributed by atoms with van der Waals surface area (Å²) < 4.78 is 32.5. The van der Waals surface area contributed by atoms with E-state index in [1.807, 2.05) is 0 Å². The Morgan fingerprint density at radius 2 is 1.95 bits per heavy atom. The van der Waals surface area contributed by atoms with Gasteiger partial charge in [-0.2, -0.15) is 0 Å². The number of nitrogens with zero attached hydrogens (tertiary/aromatic N) is 1. The maximum Gasteiger partial charge on any atom is 0.314 e. The van der Waals surface area contributed by atoms with Gasteiger partial charge in [-0.3, -0.25) is 10.1 Å². The second-order valence-corrected chi connectivity index (χ2v) is 4.31. The monoisotopic (exact) mass is 295 g/mol. The Bertz CT molecular complexity index is 689. The minimum absolute atomic E-state index is 0.308. The van der Waals surface area contributed by atoms with Gasteiger partial charge in [0.15, 0.2) is 17.4 Å². The van der Waals surface area contributed by atoms with Crippen LogP contribution in [-0.2, 0) is 0 Å². The number of ether oxygens (including phenoxy) is 1. The van der Waals surface area contributed by atoms with Crippen molar-refractivity contribution in [3.05, 3.63) is 63.7 Å². The SMILES string of the molecule is C[C@H](O)c1ccc(Oc2c(F)cccc2[N+](=O)[O-])c(F)c1. The molecule has 0 bridgehead atoms. The van der Waals surface area contributed by atoms with Crippen LogP contribution in [0.15, 0.2) is 36.4 Å². The molecule has 2 aromatic carbocycles. The molecule has 0 radical (unpaired) electrons. The summed E-state index contributed by atoms with van der Waals surface area (Å²) in [7, 11) is 0. The second kappa shape index (κ2) is 5.84. The maximum atomic E-state index is 13.8. The molecule has 1 N–H and O–H groups in total. The smallest absolute Gasteiger partial charge is 0.314 e. The molecule has 0 fully saturated rings. The van der Waals surface area contributed by atoms with Gasteiger partial charge in [-0.25, -0.2) is 8.78 Å². The summed E-state index contributed by atoms with van der Waals surface area (Å²) in [5.41, 5.74) is -0.295. The molecule has 0 unspecified atom stereocenters. The minimum Gasteiger partial charge on any atom is -0.444 e. The Morgan fingerprint density at radius 1 is 1.24 bits per heavy atom. The van der Waals surface area contributed by atoms with Crippen LogP contribution in [0.1, 0.15) is 18.6 Å². The molecule has 2 rings (SSSR count). The summed E-state index contributed by atoms with van der Waals surface area (Å²) in [6.07, 6.45) is -0.878. The molecule has 7 heteroatoms. The first-order valence-corrected chi connectivity index (χ1v) is 5.98. The lowest BCUT2D eigenvalue weighted by Gasteiger charge is -2.10. The number of para-hydroxylation sites is 1. The number of benzene rings is 2. The number of hydrogen-bond donors (Lipinski definition) is 1. The number of rotatable bonds is 4. The molecular formula is C14H11F2NO4. The first-order valence-electron chi connectivity index (χ1n) is 5.98. The molecule has 0 aliphatic rings. The predicted octanol–water partition coefficient (Wildman–Crippen LogP) is 3.72. The molecule has 1 atom stereocenters. The standard InChI is InChI=1S/C14H11F2NO4/c1-8(18)9-5-6-13(11(16)7-9)21-14-10(15)3-2-4-12(14)17(19)20/h2-8,18H,1H3/t8-/m0/s1. The van der Waals surface area contributed by atoms with E-state index in [2.05, 4.69) is 0 Å². The van der Waals surface area contributed by atoms with E-state index >= 15 is 0 Å². The first-order chi connectivity index (χ1) is 9.90. The van der Waals surface area contributed by atoms with Crippen molar-refractivity contribution in [3.63, 3.8) is 0 Å². The van der Waals surface area contributed by atoms with Crippen LogP contribution in [0.4, 0.5) is 14.5 Å². The Hall–Kier alpha value is -2.54. The fourth-order valence-electron chi connectivity index (χ4n) is 1.71. The van der Waals surface area contributed by atoms with Gasteiger partial charge in [0.2, 0.25) is 5.75 Å². The van der Waals surface area contributed by atoms with Crippen molar-refractivity contribution in [2.24, 2.45) is 0 Å². The molecule has 5 nitrogen and oxygen atoms in total. The van der Waals surface area contributed by atoms with Gasteiger partial charge < -0.3 is 9.84 Å². The van der Waals surface area contributed by atoms with Crippen molar-refractivity contribution in [2.45, 2.75) is 13.0 Å². The average molecular weight is 295 g/mol. The highest BCUT2D eigenvalue weighted by atomic mass is 19.1. The van der Waals surface area contributed by atoms with Crippen molar-refractivity contribution in [1.82, 2.24) is 0 Å². The predicted molar refractivity (Wildman–Crippen MR) is 70.2 cm³/mol. The van der Waals surface area contributed by atoms with E-state index in [-0.39, 0.29) is 5.75 Å². The van der Waals surface area contributed by atoms with E-state index in [0.717, 1.165) is 24.3 Å². The van der Waals surface area contributed by atoms with Crippen LogP contribution in [-0.4, -0.2) is 10.0 Å². The highest BCUT2D eigenvalue weighted by molar-refractivity contribution is 5.49. The van der Waals surface area contributed by atoms with E-state index in [4.69, 9.17) is 4.74 Å². The van der Waals surface area contributed by atoms with Crippen LogP contribution in [0.3, 0.4) is 0 Å². The molecule has 0 amide bonds. The van der Waals surface area contributed by atoms with Crippen molar-refractivity contribution in [2.75, 3.05) is 0 Å². The summed E-state index contributed by atoms with van der Waals surface area (Å²) >= 11 is 0. The van der Waals surface area contributed by atoms with Crippen LogP contribution in [0, 0.1) is 21.7 Å². The molecule has 0 aliphatic carbocycles. The number of aliphatic hydroxyl groups is 1. The number of hydrogen-bond acceptors (Lipinski definition) is 4. The summed E-state index contributed by atoms with van der Waals surface area (Å²) in [5.74, 6) is -2.85. The van der Waals surface area contributed by atoms with E-state index in [1.165, 1.54) is 19.1 Å². The quantitative estimate of drug-likeness (QED) is 0.689. The summed E-state index contributed by atoms with van der Waals surface area (Å²) in [4.78, 5) is 10.0. The van der Waals surface area contributed by atoms with Crippen molar-refractivity contribution < 1.29 is 23.5 Å². The zero-order valence-electron chi connectivity index (χ0n) is 10.9. The molecule has 21 heavy (non-hydrogen) atoms. The number of halogens is 2. The van der Waals surface area contributed by atoms with E-state index in [9.17, 15) is 24.0 Å². The Balaban J connectivity index is 2.41. The highest BCUT2D eigenvalue weighted by Gasteiger charge is 2.21. The first kappa shape index (κ1) is 14.9. The third-order valence-electron chi connectivity index (χ3n) is 2.79. The minimum atomic E-state index is -0.969. The Morgan fingerprint density at radius 3 is 2.52 bits per heavy atom. The van der Waals surface area contributed by atoms with Crippen LogP contribution in [0.5, 0.6) is 11.5 Å². The van der Waals surface area contributed by atoms with Gasteiger partial charge in [-0.15, -0.1) is 0 Å². The van der Waals surface area contributed by atoms with E-state index in [1.54, 1.807) is 0 Å². The Labute approximate surface area is 118 Å². The highest BCUT2D eigenvalue weighted by Crippen LogP contribution is 2.35. The fraction of sp³-hybridized carbons (Fsp3) is 0.143. The van der Waals surface area contributed by atoms with Crippen LogP contribution in [0.25, 0.3) is 0 Å². The molecule has 0 spiro atoms. The third-order valence-corrected chi connectivity index (χ3v) is 2.79. The van der Waals surface area contributed by atoms with Gasteiger partial charge in [-0.1, -0.05) is 12.1 Å². The van der Waals surface area contributed by atoms with Gasteiger partial charge in [0.05, 0.1) is 11.0 Å². The number of nitro benzene ring substituents is 1. The molecule has 0 aromatic heterocycles. The molecule has 0 aliphatic heterocycles. The lowest BCUT2D eigenvalue weighted by atomic mass is 10.1. The lowest BCUT2D eigenvalue weighted by Crippen LogP contribution is -1.98. The van der Waals surface area contributed by atoms with Gasteiger partial charge >= 0.3 is 5.69 Å². The maximum absolute atomic E-state index is 13.8. The Kier molecular flexibility index (Phi) is 4.13. The summed E-state index contributed by atoms with van der Waals surface area (Å²) in [6, 6.07) is 6.77. The molecular weight excluding hydrogens is 284 g/mol. The fourth-order valence-corrected chi connectivity index (χ4v) is 1.71. The number of nitro groups is 1. The summed E-state index contributed by atoms with van der Waals surface area (Å²) in [5, 5.41) is 20.2. The molecule has 110 valence electrons. The molecule has 2 aromatic rings. The van der Waals surface area contributed by atoms with Crippen molar-refractivity contribution in [3.8, 4) is 11.5 Å². The largest absolute Gasteiger partial charge is 0.444 e. The van der Waals surface area contributed by atoms with Crippen molar-refractivity contribution >= 4 is 5.69 Å². The lowest BCUT2D eigenvalue weighted by molar-refractivity contribution is -0.385. The van der Waals surface area contributed by atoms with Crippen molar-refractivity contribution in [1.29, 1.82) is 0 Å². The molecule has 0 saturated carbocycles. The molecule has 0 heterocycles. The van der Waals surface area contributed by atoms with Gasteiger partial charge in [0.25, 0.3) is 0 Å². The van der Waals surface area contributed by atoms with E-state index < -0.39 is 34.1 Å². The third kappa shape index (κ3) is 3.14. The van der Waals surface area contributed by atoms with Gasteiger partial charge in [0, 0.05) is 6.07 Å². The molecule has 0 saturated heterocycles. The topological polar surface area (TPSA) is 72.6 Å². The van der Waals surface area contributed by atoms with Crippen LogP contribution in [0.2, 0.25) is 0 Å².